The number of thioether (sulfide) groups is 1. The van der Waals surface area contributed by atoms with Crippen molar-refractivity contribution in [2.45, 2.75) is 25.4 Å². The molecule has 1 aromatic heterocycles. The minimum absolute atomic E-state index is 0.0765. The van der Waals surface area contributed by atoms with Crippen LogP contribution < -0.4 is 11.5 Å². The van der Waals surface area contributed by atoms with Crippen molar-refractivity contribution < 1.29 is 4.79 Å². The van der Waals surface area contributed by atoms with E-state index in [1.807, 2.05) is 4.90 Å². The summed E-state index contributed by atoms with van der Waals surface area (Å²) in [5.41, 5.74) is 11.0. The maximum absolute atomic E-state index is 12.2. The Hall–Kier alpha value is -1.57. The molecule has 1 amide bonds. The highest BCUT2D eigenvalue weighted by atomic mass is 32.2. The second-order valence-electron chi connectivity index (χ2n) is 5.37. The number of likely N-dealkylation sites (tertiary alicyclic amines) is 1. The van der Waals surface area contributed by atoms with Crippen molar-refractivity contribution in [1.82, 2.24) is 19.9 Å². The minimum atomic E-state index is 0.0765. The summed E-state index contributed by atoms with van der Waals surface area (Å²) in [6, 6.07) is 0. The molecule has 0 spiro atoms. The number of aromatic nitrogens is 3. The van der Waals surface area contributed by atoms with E-state index in [0.29, 0.717) is 22.7 Å². The van der Waals surface area contributed by atoms with E-state index < -0.39 is 0 Å². The molecule has 20 heavy (non-hydrogen) atoms. The summed E-state index contributed by atoms with van der Waals surface area (Å²) in [6.07, 6.45) is 1.18. The van der Waals surface area contributed by atoms with Crippen LogP contribution in [0.3, 0.4) is 0 Å². The summed E-state index contributed by atoms with van der Waals surface area (Å²) in [4.78, 5) is 25.7. The zero-order chi connectivity index (χ0) is 14.7. The van der Waals surface area contributed by atoms with Gasteiger partial charge in [0.15, 0.2) is 5.16 Å². The Bertz CT molecular complexity index is 467. The molecule has 1 saturated heterocycles. The first-order valence-corrected chi connectivity index (χ1v) is 7.60. The van der Waals surface area contributed by atoms with Gasteiger partial charge in [0.2, 0.25) is 17.8 Å². The quantitative estimate of drug-likeness (QED) is 0.787. The minimum Gasteiger partial charge on any atom is -0.368 e. The van der Waals surface area contributed by atoms with Crippen molar-refractivity contribution in [2.24, 2.45) is 11.8 Å². The highest BCUT2D eigenvalue weighted by Crippen LogP contribution is 2.22. The largest absolute Gasteiger partial charge is 0.368 e. The normalized spacial score (nSPS) is 22.8. The van der Waals surface area contributed by atoms with Crippen LogP contribution in [-0.4, -0.2) is 44.6 Å². The van der Waals surface area contributed by atoms with E-state index in [9.17, 15) is 4.79 Å². The zero-order valence-corrected chi connectivity index (χ0v) is 12.6. The number of nitrogens with zero attached hydrogens (tertiary/aromatic N) is 4. The van der Waals surface area contributed by atoms with E-state index in [0.717, 1.165) is 13.1 Å². The molecule has 8 heteroatoms. The van der Waals surface area contributed by atoms with Crippen LogP contribution in [0, 0.1) is 11.8 Å². The second kappa shape index (κ2) is 6.25. The van der Waals surface area contributed by atoms with E-state index in [4.69, 9.17) is 11.5 Å². The highest BCUT2D eigenvalue weighted by Gasteiger charge is 2.25. The molecule has 4 N–H and O–H groups in total. The predicted molar refractivity (Wildman–Crippen MR) is 78.9 cm³/mol. The number of nitrogen functional groups attached to an aromatic ring is 2. The van der Waals surface area contributed by atoms with Crippen LogP contribution in [0.1, 0.15) is 20.3 Å². The Morgan fingerprint density at radius 1 is 1.20 bits per heavy atom. The number of piperidine rings is 1. The monoisotopic (exact) mass is 296 g/mol. The van der Waals surface area contributed by atoms with Crippen molar-refractivity contribution in [3.8, 4) is 0 Å². The van der Waals surface area contributed by atoms with Crippen molar-refractivity contribution in [2.75, 3.05) is 30.3 Å². The van der Waals surface area contributed by atoms with Crippen LogP contribution in [0.2, 0.25) is 0 Å². The van der Waals surface area contributed by atoms with Gasteiger partial charge in [-0.25, -0.2) is 0 Å². The Morgan fingerprint density at radius 3 is 2.30 bits per heavy atom. The molecule has 110 valence electrons. The lowest BCUT2D eigenvalue weighted by Crippen LogP contribution is -2.43. The number of anilines is 2. The van der Waals surface area contributed by atoms with Crippen LogP contribution in [0.4, 0.5) is 11.9 Å². The Labute approximate surface area is 122 Å². The van der Waals surface area contributed by atoms with Gasteiger partial charge in [-0.3, -0.25) is 4.79 Å². The Morgan fingerprint density at radius 2 is 1.75 bits per heavy atom. The second-order valence-corrected chi connectivity index (χ2v) is 6.31. The number of nitrogens with two attached hydrogens (primary N) is 2. The third-order valence-corrected chi connectivity index (χ3v) is 4.03. The van der Waals surface area contributed by atoms with Gasteiger partial charge in [0.05, 0.1) is 5.75 Å². The van der Waals surface area contributed by atoms with Gasteiger partial charge in [-0.2, -0.15) is 15.0 Å². The molecule has 0 bridgehead atoms. The summed E-state index contributed by atoms with van der Waals surface area (Å²) in [5.74, 6) is 1.65. The van der Waals surface area contributed by atoms with Crippen molar-refractivity contribution in [3.63, 3.8) is 0 Å². The average molecular weight is 296 g/mol. The van der Waals surface area contributed by atoms with E-state index >= 15 is 0 Å². The molecule has 1 fully saturated rings. The number of hydrogen-bond donors (Lipinski definition) is 2. The molecular formula is C12H20N6OS. The third kappa shape index (κ3) is 3.96. The number of carbonyl (C=O) groups excluding carboxylic acids is 1. The molecule has 0 aliphatic carbocycles. The maximum Gasteiger partial charge on any atom is 0.233 e. The third-order valence-electron chi connectivity index (χ3n) is 3.20. The van der Waals surface area contributed by atoms with Crippen molar-refractivity contribution in [1.29, 1.82) is 0 Å². The summed E-state index contributed by atoms with van der Waals surface area (Å²) < 4.78 is 0. The summed E-state index contributed by atoms with van der Waals surface area (Å²) in [5, 5.41) is 0.390. The smallest absolute Gasteiger partial charge is 0.233 e. The first-order chi connectivity index (χ1) is 9.44. The molecule has 1 aliphatic rings. The zero-order valence-electron chi connectivity index (χ0n) is 11.7. The fourth-order valence-corrected chi connectivity index (χ4v) is 3.29. The van der Waals surface area contributed by atoms with Gasteiger partial charge in [-0.05, 0) is 18.3 Å². The summed E-state index contributed by atoms with van der Waals surface area (Å²) >= 11 is 1.24. The van der Waals surface area contributed by atoms with Gasteiger partial charge >= 0.3 is 0 Å². The summed E-state index contributed by atoms with van der Waals surface area (Å²) in [6.45, 7) is 6.00. The molecule has 1 aliphatic heterocycles. The molecular weight excluding hydrogens is 276 g/mol. The molecule has 2 rings (SSSR count). The number of rotatable bonds is 3. The fourth-order valence-electron chi connectivity index (χ4n) is 2.54. The fraction of sp³-hybridized carbons (Fsp3) is 0.667. The van der Waals surface area contributed by atoms with Gasteiger partial charge in [-0.15, -0.1) is 0 Å². The van der Waals surface area contributed by atoms with Gasteiger partial charge in [-0.1, -0.05) is 25.6 Å². The highest BCUT2D eigenvalue weighted by molar-refractivity contribution is 7.99. The number of carbonyl (C=O) groups is 1. The van der Waals surface area contributed by atoms with Crippen LogP contribution in [-0.2, 0) is 4.79 Å². The lowest BCUT2D eigenvalue weighted by molar-refractivity contribution is -0.130. The lowest BCUT2D eigenvalue weighted by Gasteiger charge is -2.34. The molecule has 2 atom stereocenters. The SMILES string of the molecule is C[C@@H]1C[C@H](C)CN(C(=O)CSc2nc(N)nc(N)n2)C1. The molecule has 1 aromatic rings. The van der Waals surface area contributed by atoms with Gasteiger partial charge < -0.3 is 16.4 Å². The van der Waals surface area contributed by atoms with E-state index in [1.165, 1.54) is 18.2 Å². The molecule has 0 saturated carbocycles. The van der Waals surface area contributed by atoms with Crippen molar-refractivity contribution in [3.05, 3.63) is 0 Å². The summed E-state index contributed by atoms with van der Waals surface area (Å²) in [7, 11) is 0. The number of amides is 1. The predicted octanol–water partition coefficient (Wildman–Crippen LogP) is 0.633. The standard InChI is InChI=1S/C12H20N6OS/c1-7-3-8(2)5-18(4-7)9(19)6-20-12-16-10(13)15-11(14)17-12/h7-8H,3-6H2,1-2H3,(H4,13,14,15,16,17)/t7-,8+. The van der Waals surface area contributed by atoms with E-state index in [-0.39, 0.29) is 17.8 Å². The first-order valence-electron chi connectivity index (χ1n) is 6.61. The topological polar surface area (TPSA) is 111 Å². The molecule has 0 radical (unpaired) electrons. The van der Waals surface area contributed by atoms with Gasteiger partial charge in [0, 0.05) is 13.1 Å². The van der Waals surface area contributed by atoms with Crippen LogP contribution in [0.15, 0.2) is 5.16 Å². The van der Waals surface area contributed by atoms with Crippen LogP contribution in [0.5, 0.6) is 0 Å². The van der Waals surface area contributed by atoms with E-state index in [2.05, 4.69) is 28.8 Å². The van der Waals surface area contributed by atoms with Gasteiger partial charge in [0.1, 0.15) is 0 Å². The molecule has 2 heterocycles. The molecule has 0 unspecified atom stereocenters. The average Bonchev–Trinajstić information content (AvgIpc) is 2.33. The van der Waals surface area contributed by atoms with E-state index in [1.54, 1.807) is 0 Å². The van der Waals surface area contributed by atoms with Crippen molar-refractivity contribution >= 4 is 29.6 Å². The number of hydrogen-bond acceptors (Lipinski definition) is 7. The molecule has 0 aromatic carbocycles. The Kier molecular flexibility index (Phi) is 4.64. The van der Waals surface area contributed by atoms with Gasteiger partial charge in [0.25, 0.3) is 0 Å². The Balaban J connectivity index is 1.91. The van der Waals surface area contributed by atoms with Crippen LogP contribution in [0.25, 0.3) is 0 Å². The lowest BCUT2D eigenvalue weighted by atomic mass is 9.92. The van der Waals surface area contributed by atoms with Crippen LogP contribution >= 0.6 is 11.8 Å². The maximum atomic E-state index is 12.2. The first kappa shape index (κ1) is 14.8. The molecule has 7 nitrogen and oxygen atoms in total.